The van der Waals surface area contributed by atoms with E-state index in [1.807, 2.05) is 22.9 Å². The summed E-state index contributed by atoms with van der Waals surface area (Å²) in [6.45, 7) is 0. The molecule has 1 N–H and O–H groups in total. The zero-order valence-electron chi connectivity index (χ0n) is 12.0. The summed E-state index contributed by atoms with van der Waals surface area (Å²) in [5.74, 6) is 0.714. The minimum absolute atomic E-state index is 0.171. The summed E-state index contributed by atoms with van der Waals surface area (Å²) >= 11 is 1.55. The highest BCUT2D eigenvalue weighted by Gasteiger charge is 2.11. The predicted molar refractivity (Wildman–Crippen MR) is 85.7 cm³/mol. The highest BCUT2D eigenvalue weighted by atomic mass is 32.1. The Kier molecular flexibility index (Phi) is 4.45. The first-order chi connectivity index (χ1) is 11.2. The summed E-state index contributed by atoms with van der Waals surface area (Å²) in [7, 11) is 0. The van der Waals surface area contributed by atoms with Gasteiger partial charge in [0.2, 0.25) is 17.7 Å². The van der Waals surface area contributed by atoms with Crippen molar-refractivity contribution in [2.45, 2.75) is 12.8 Å². The Hall–Kier alpha value is -2.98. The molecule has 114 valence electrons. The second kappa shape index (κ2) is 6.85. The SMILES string of the molecule is N#Cc1cccc(NC(=O)CCc2nnc(-c3ccsc3)o2)c1. The number of nitrogens with zero attached hydrogens (tertiary/aromatic N) is 3. The van der Waals surface area contributed by atoms with E-state index in [0.29, 0.717) is 29.5 Å². The number of thiophene rings is 1. The predicted octanol–water partition coefficient (Wildman–Crippen LogP) is 3.24. The van der Waals surface area contributed by atoms with E-state index in [1.165, 1.54) is 0 Å². The maximum Gasteiger partial charge on any atom is 0.248 e. The van der Waals surface area contributed by atoms with Crippen LogP contribution in [0.3, 0.4) is 0 Å². The number of carbonyl (C=O) groups is 1. The van der Waals surface area contributed by atoms with Crippen molar-refractivity contribution in [2.24, 2.45) is 0 Å². The van der Waals surface area contributed by atoms with Gasteiger partial charge in [-0.15, -0.1) is 10.2 Å². The summed E-state index contributed by atoms with van der Waals surface area (Å²) < 4.78 is 5.53. The Labute approximate surface area is 136 Å². The largest absolute Gasteiger partial charge is 0.421 e. The van der Waals surface area contributed by atoms with Gasteiger partial charge >= 0.3 is 0 Å². The fourth-order valence-electron chi connectivity index (χ4n) is 1.97. The molecule has 0 saturated heterocycles. The molecule has 1 amide bonds. The number of nitrogens with one attached hydrogen (secondary N) is 1. The maximum absolute atomic E-state index is 11.9. The molecule has 6 nitrogen and oxygen atoms in total. The first-order valence-corrected chi connectivity index (χ1v) is 7.84. The van der Waals surface area contributed by atoms with Gasteiger partial charge in [0.15, 0.2) is 0 Å². The van der Waals surface area contributed by atoms with Gasteiger partial charge in [-0.05, 0) is 29.6 Å². The Balaban J connectivity index is 1.56. The molecule has 1 aromatic carbocycles. The van der Waals surface area contributed by atoms with Gasteiger partial charge in [-0.2, -0.15) is 16.6 Å². The molecular formula is C16H12N4O2S. The highest BCUT2D eigenvalue weighted by molar-refractivity contribution is 7.08. The maximum atomic E-state index is 11.9. The summed E-state index contributed by atoms with van der Waals surface area (Å²) in [5.41, 5.74) is 1.98. The molecule has 0 fully saturated rings. The van der Waals surface area contributed by atoms with E-state index >= 15 is 0 Å². The first kappa shape index (κ1) is 14.9. The second-order valence-corrected chi connectivity index (χ2v) is 5.53. The number of amides is 1. The fourth-order valence-corrected chi connectivity index (χ4v) is 2.60. The quantitative estimate of drug-likeness (QED) is 0.778. The summed E-state index contributed by atoms with van der Waals surface area (Å²) in [6.07, 6.45) is 0.586. The summed E-state index contributed by atoms with van der Waals surface area (Å²) in [6, 6.07) is 10.7. The number of aromatic nitrogens is 2. The lowest BCUT2D eigenvalue weighted by molar-refractivity contribution is -0.116. The van der Waals surface area contributed by atoms with Gasteiger partial charge in [-0.25, -0.2) is 0 Å². The number of aryl methyl sites for hydroxylation is 1. The average Bonchev–Trinajstić information content (AvgIpc) is 3.24. The minimum atomic E-state index is -0.171. The van der Waals surface area contributed by atoms with Crippen molar-refractivity contribution < 1.29 is 9.21 Å². The average molecular weight is 324 g/mol. The number of hydrogen-bond donors (Lipinski definition) is 1. The van der Waals surface area contributed by atoms with E-state index in [1.54, 1.807) is 35.6 Å². The molecule has 0 aliphatic carbocycles. The molecule has 0 spiro atoms. The van der Waals surface area contributed by atoms with Crippen LogP contribution in [0.15, 0.2) is 45.5 Å². The monoisotopic (exact) mass is 324 g/mol. The Morgan fingerprint density at radius 2 is 2.26 bits per heavy atom. The molecule has 0 atom stereocenters. The number of carbonyl (C=O) groups excluding carboxylic acids is 1. The molecule has 0 aliphatic heterocycles. The third kappa shape index (κ3) is 3.81. The molecule has 7 heteroatoms. The number of hydrogen-bond acceptors (Lipinski definition) is 6. The molecule has 23 heavy (non-hydrogen) atoms. The van der Waals surface area contributed by atoms with Crippen LogP contribution in [-0.2, 0) is 11.2 Å². The molecule has 0 aliphatic rings. The van der Waals surface area contributed by atoms with E-state index < -0.39 is 0 Å². The summed E-state index contributed by atoms with van der Waals surface area (Å²) in [4.78, 5) is 11.9. The second-order valence-electron chi connectivity index (χ2n) is 4.75. The lowest BCUT2D eigenvalue weighted by Gasteiger charge is -2.04. The van der Waals surface area contributed by atoms with Crippen LogP contribution >= 0.6 is 11.3 Å². The zero-order valence-corrected chi connectivity index (χ0v) is 12.8. The van der Waals surface area contributed by atoms with Gasteiger partial charge in [-0.3, -0.25) is 4.79 Å². The van der Waals surface area contributed by atoms with Gasteiger partial charge < -0.3 is 9.73 Å². The van der Waals surface area contributed by atoms with Crippen molar-refractivity contribution in [1.29, 1.82) is 5.26 Å². The van der Waals surface area contributed by atoms with Crippen molar-refractivity contribution in [3.63, 3.8) is 0 Å². The normalized spacial score (nSPS) is 10.2. The van der Waals surface area contributed by atoms with Crippen LogP contribution in [0, 0.1) is 11.3 Å². The molecule has 0 bridgehead atoms. The van der Waals surface area contributed by atoms with Gasteiger partial charge in [0.05, 0.1) is 11.6 Å². The lowest BCUT2D eigenvalue weighted by atomic mass is 10.2. The Bertz CT molecular complexity index is 849. The minimum Gasteiger partial charge on any atom is -0.421 e. The number of anilines is 1. The molecule has 0 saturated carbocycles. The van der Waals surface area contributed by atoms with Crippen LogP contribution in [0.1, 0.15) is 17.9 Å². The lowest BCUT2D eigenvalue weighted by Crippen LogP contribution is -2.12. The van der Waals surface area contributed by atoms with Crippen LogP contribution in [0.2, 0.25) is 0 Å². The van der Waals surface area contributed by atoms with Crippen LogP contribution in [-0.4, -0.2) is 16.1 Å². The van der Waals surface area contributed by atoms with E-state index in [4.69, 9.17) is 9.68 Å². The number of benzene rings is 1. The summed E-state index contributed by atoms with van der Waals surface area (Å²) in [5, 5.41) is 23.3. The van der Waals surface area contributed by atoms with Gasteiger partial charge in [0.1, 0.15) is 0 Å². The van der Waals surface area contributed by atoms with Crippen molar-refractivity contribution in [3.8, 4) is 17.5 Å². The topological polar surface area (TPSA) is 91.8 Å². The molecule has 3 rings (SSSR count). The molecule has 2 aromatic heterocycles. The van der Waals surface area contributed by atoms with Gasteiger partial charge in [-0.1, -0.05) is 6.07 Å². The standard InChI is InChI=1S/C16H12N4O2S/c17-9-11-2-1-3-13(8-11)18-14(21)4-5-15-19-20-16(22-15)12-6-7-23-10-12/h1-3,6-8,10H,4-5H2,(H,18,21). The van der Waals surface area contributed by atoms with Crippen molar-refractivity contribution in [3.05, 3.63) is 52.5 Å². The van der Waals surface area contributed by atoms with E-state index in [2.05, 4.69) is 15.5 Å². The third-order valence-corrected chi connectivity index (χ3v) is 3.76. The molecule has 2 heterocycles. The van der Waals surface area contributed by atoms with Crippen LogP contribution in [0.5, 0.6) is 0 Å². The smallest absolute Gasteiger partial charge is 0.248 e. The van der Waals surface area contributed by atoms with Crippen LogP contribution in [0.25, 0.3) is 11.5 Å². The Morgan fingerprint density at radius 3 is 3.04 bits per heavy atom. The molecule has 0 radical (unpaired) electrons. The van der Waals surface area contributed by atoms with E-state index in [0.717, 1.165) is 5.56 Å². The van der Waals surface area contributed by atoms with Crippen LogP contribution < -0.4 is 5.32 Å². The van der Waals surface area contributed by atoms with Crippen molar-refractivity contribution in [2.75, 3.05) is 5.32 Å². The first-order valence-electron chi connectivity index (χ1n) is 6.89. The highest BCUT2D eigenvalue weighted by Crippen LogP contribution is 2.20. The third-order valence-electron chi connectivity index (χ3n) is 3.08. The fraction of sp³-hybridized carbons (Fsp3) is 0.125. The van der Waals surface area contributed by atoms with Crippen molar-refractivity contribution in [1.82, 2.24) is 10.2 Å². The van der Waals surface area contributed by atoms with E-state index in [9.17, 15) is 4.79 Å². The van der Waals surface area contributed by atoms with Gasteiger partial charge in [0.25, 0.3) is 0 Å². The molecule has 0 unspecified atom stereocenters. The molecular weight excluding hydrogens is 312 g/mol. The zero-order chi connectivity index (χ0) is 16.1. The number of rotatable bonds is 5. The Morgan fingerprint density at radius 1 is 1.35 bits per heavy atom. The van der Waals surface area contributed by atoms with Crippen molar-refractivity contribution >= 4 is 22.9 Å². The van der Waals surface area contributed by atoms with Crippen LogP contribution in [0.4, 0.5) is 5.69 Å². The van der Waals surface area contributed by atoms with E-state index in [-0.39, 0.29) is 12.3 Å². The van der Waals surface area contributed by atoms with Gasteiger partial charge in [0, 0.05) is 29.5 Å². The number of nitriles is 1. The molecule has 3 aromatic rings.